The number of aliphatic carboxylic acids is 1. The summed E-state index contributed by atoms with van der Waals surface area (Å²) in [6, 6.07) is 3.61. The van der Waals surface area contributed by atoms with Gasteiger partial charge in [0.15, 0.2) is 0 Å². The van der Waals surface area contributed by atoms with Crippen molar-refractivity contribution >= 4 is 11.6 Å². The number of methoxy groups -OCH3 is 1. The molecular formula is C22H23N5O5. The van der Waals surface area contributed by atoms with Gasteiger partial charge in [-0.1, -0.05) is 0 Å². The van der Waals surface area contributed by atoms with Crippen LogP contribution >= 0.6 is 0 Å². The Morgan fingerprint density at radius 1 is 1.25 bits per heavy atom. The summed E-state index contributed by atoms with van der Waals surface area (Å²) >= 11 is 0. The van der Waals surface area contributed by atoms with Gasteiger partial charge >= 0.3 is 11.7 Å². The highest BCUT2D eigenvalue weighted by Gasteiger charge is 2.32. The maximum atomic E-state index is 13.3. The smallest absolute Gasteiger partial charge is 0.335 e. The number of imidazole rings is 1. The number of ether oxygens (including phenoxy) is 1. The maximum Gasteiger partial charge on any atom is 0.335 e. The lowest BCUT2D eigenvalue weighted by molar-refractivity contribution is -0.145. The van der Waals surface area contributed by atoms with Gasteiger partial charge in [0, 0.05) is 18.0 Å². The van der Waals surface area contributed by atoms with E-state index < -0.39 is 17.2 Å². The van der Waals surface area contributed by atoms with Gasteiger partial charge in [-0.25, -0.2) is 24.0 Å². The molecule has 0 spiro atoms. The summed E-state index contributed by atoms with van der Waals surface area (Å²) in [5, 5.41) is 9.75. The molecule has 4 heterocycles. The van der Waals surface area contributed by atoms with Crippen LogP contribution in [0.5, 0.6) is 5.75 Å². The van der Waals surface area contributed by atoms with Crippen molar-refractivity contribution in [3.8, 4) is 17.3 Å². The fourth-order valence-corrected chi connectivity index (χ4v) is 3.60. The number of nitrogens with zero attached hydrogens (tertiary/aromatic N) is 5. The molecule has 0 aliphatic carbocycles. The largest absolute Gasteiger partial charge is 0.495 e. The summed E-state index contributed by atoms with van der Waals surface area (Å²) in [6.07, 6.45) is 7.13. The second-order valence-corrected chi connectivity index (χ2v) is 7.87. The molecule has 32 heavy (non-hydrogen) atoms. The number of fused-ring (bicyclic) bond motifs is 1. The van der Waals surface area contributed by atoms with E-state index in [2.05, 4.69) is 15.0 Å². The number of pyridine rings is 1. The Morgan fingerprint density at radius 2 is 2.03 bits per heavy atom. The van der Waals surface area contributed by atoms with Gasteiger partial charge in [-0.05, 0) is 45.7 Å². The van der Waals surface area contributed by atoms with Crippen LogP contribution in [0, 0.1) is 6.92 Å². The number of rotatable bonds is 7. The number of aromatic nitrogens is 5. The molecule has 10 nitrogen and oxygen atoms in total. The Labute approximate surface area is 183 Å². The van der Waals surface area contributed by atoms with Crippen molar-refractivity contribution in [1.29, 1.82) is 0 Å². The molecule has 166 valence electrons. The monoisotopic (exact) mass is 437 g/mol. The number of hydrogen-bond donors (Lipinski definition) is 1. The molecule has 0 atom stereocenters. The van der Waals surface area contributed by atoms with E-state index in [0.29, 0.717) is 41.2 Å². The summed E-state index contributed by atoms with van der Waals surface area (Å²) < 4.78 is 13.4. The normalized spacial score (nSPS) is 11.8. The van der Waals surface area contributed by atoms with Crippen LogP contribution in [0.4, 0.5) is 0 Å². The SMILES string of the molecule is COc1cccnc1CCc1cn(C(C)(C)C(=O)O)c(=O)n2c(C)c(-c3ncco3)nc12. The first-order valence-corrected chi connectivity index (χ1v) is 10.0. The summed E-state index contributed by atoms with van der Waals surface area (Å²) in [5.41, 5.74) is 0.826. The lowest BCUT2D eigenvalue weighted by Gasteiger charge is -2.23. The highest BCUT2D eigenvalue weighted by Crippen LogP contribution is 2.26. The second-order valence-electron chi connectivity index (χ2n) is 7.87. The van der Waals surface area contributed by atoms with Crippen molar-refractivity contribution in [2.45, 2.75) is 39.2 Å². The predicted molar refractivity (Wildman–Crippen MR) is 115 cm³/mol. The molecule has 10 heteroatoms. The molecule has 4 aromatic heterocycles. The number of hydrogen-bond acceptors (Lipinski definition) is 7. The third-order valence-corrected chi connectivity index (χ3v) is 5.54. The summed E-state index contributed by atoms with van der Waals surface area (Å²) in [4.78, 5) is 38.4. The van der Waals surface area contributed by atoms with Crippen molar-refractivity contribution in [2.75, 3.05) is 7.11 Å². The average molecular weight is 437 g/mol. The van der Waals surface area contributed by atoms with Gasteiger partial charge in [-0.2, -0.15) is 0 Å². The van der Waals surface area contributed by atoms with E-state index >= 15 is 0 Å². The number of oxazole rings is 1. The number of carboxylic acid groups (broad SMARTS) is 1. The standard InChI is InChI=1S/C22H23N5O5/c1-13-17(19-24-10-11-32-19)25-18-14(7-8-15-16(31-4)6-5-9-23-15)12-26(21(30)27(13)18)22(2,3)20(28)29/h5-6,9-12H,7-8H2,1-4H3,(H,28,29). The Balaban J connectivity index is 1.92. The molecule has 1 N–H and O–H groups in total. The molecule has 0 bridgehead atoms. The van der Waals surface area contributed by atoms with E-state index in [0.717, 1.165) is 5.69 Å². The second kappa shape index (κ2) is 7.95. The van der Waals surface area contributed by atoms with Gasteiger partial charge < -0.3 is 14.3 Å². The van der Waals surface area contributed by atoms with E-state index in [1.54, 1.807) is 32.5 Å². The quantitative estimate of drug-likeness (QED) is 0.467. The summed E-state index contributed by atoms with van der Waals surface area (Å²) in [6.45, 7) is 4.69. The summed E-state index contributed by atoms with van der Waals surface area (Å²) in [7, 11) is 1.58. The van der Waals surface area contributed by atoms with E-state index in [-0.39, 0.29) is 5.89 Å². The first-order valence-electron chi connectivity index (χ1n) is 10.0. The molecule has 0 saturated carbocycles. The minimum absolute atomic E-state index is 0.284. The van der Waals surface area contributed by atoms with Crippen LogP contribution in [0.15, 0.2) is 46.2 Å². The molecule has 0 aromatic carbocycles. The van der Waals surface area contributed by atoms with Crippen molar-refractivity contribution in [1.82, 2.24) is 23.9 Å². The van der Waals surface area contributed by atoms with Crippen molar-refractivity contribution < 1.29 is 19.1 Å². The fourth-order valence-electron chi connectivity index (χ4n) is 3.60. The van der Waals surface area contributed by atoms with E-state index in [4.69, 9.17) is 9.15 Å². The van der Waals surface area contributed by atoms with Crippen LogP contribution in [0.25, 0.3) is 17.2 Å². The zero-order chi connectivity index (χ0) is 23.0. The summed E-state index contributed by atoms with van der Waals surface area (Å²) in [5.74, 6) is -0.184. The molecule has 0 amide bonds. The molecule has 0 unspecified atom stereocenters. The van der Waals surface area contributed by atoms with Crippen molar-refractivity contribution in [3.63, 3.8) is 0 Å². The molecule has 4 rings (SSSR count). The number of carbonyl (C=O) groups is 1. The topological polar surface area (TPSA) is 125 Å². The van der Waals surface area contributed by atoms with Crippen LogP contribution in [0.3, 0.4) is 0 Å². The number of aryl methyl sites for hydroxylation is 3. The molecule has 0 saturated heterocycles. The highest BCUT2D eigenvalue weighted by molar-refractivity contribution is 5.75. The van der Waals surface area contributed by atoms with Gasteiger partial charge in [-0.3, -0.25) is 9.55 Å². The third-order valence-electron chi connectivity index (χ3n) is 5.54. The van der Waals surface area contributed by atoms with Crippen LogP contribution in [0.2, 0.25) is 0 Å². The lowest BCUT2D eigenvalue weighted by atomic mass is 10.0. The molecule has 4 aromatic rings. The predicted octanol–water partition coefficient (Wildman–Crippen LogP) is 2.47. The van der Waals surface area contributed by atoms with Crippen LogP contribution in [-0.4, -0.2) is 42.1 Å². The van der Waals surface area contributed by atoms with Gasteiger partial charge in [0.2, 0.25) is 5.89 Å². The molecule has 0 aliphatic rings. The lowest BCUT2D eigenvalue weighted by Crippen LogP contribution is -2.45. The zero-order valence-electron chi connectivity index (χ0n) is 18.2. The first-order chi connectivity index (χ1) is 15.3. The average Bonchev–Trinajstić information content (AvgIpc) is 3.41. The Morgan fingerprint density at radius 3 is 2.69 bits per heavy atom. The van der Waals surface area contributed by atoms with Crippen LogP contribution in [-0.2, 0) is 23.2 Å². The number of carboxylic acids is 1. The van der Waals surface area contributed by atoms with E-state index in [9.17, 15) is 14.7 Å². The van der Waals surface area contributed by atoms with Gasteiger partial charge in [0.25, 0.3) is 0 Å². The fraction of sp³-hybridized carbons (Fsp3) is 0.318. The Bertz CT molecular complexity index is 1350. The van der Waals surface area contributed by atoms with E-state index in [1.807, 2.05) is 6.07 Å². The molecule has 0 aliphatic heterocycles. The van der Waals surface area contributed by atoms with Gasteiger partial charge in [0.1, 0.15) is 28.9 Å². The minimum Gasteiger partial charge on any atom is -0.495 e. The maximum absolute atomic E-state index is 13.3. The third kappa shape index (κ3) is 3.43. The van der Waals surface area contributed by atoms with Crippen molar-refractivity contribution in [3.05, 3.63) is 64.4 Å². The van der Waals surface area contributed by atoms with Gasteiger partial charge in [0.05, 0.1) is 24.7 Å². The molecular weight excluding hydrogens is 414 g/mol. The van der Waals surface area contributed by atoms with Gasteiger partial charge in [-0.15, -0.1) is 0 Å². The Kier molecular flexibility index (Phi) is 5.29. The molecule has 0 fully saturated rings. The van der Waals surface area contributed by atoms with Crippen LogP contribution < -0.4 is 10.4 Å². The zero-order valence-corrected chi connectivity index (χ0v) is 18.2. The van der Waals surface area contributed by atoms with Crippen LogP contribution in [0.1, 0.15) is 30.8 Å². The minimum atomic E-state index is -1.47. The highest BCUT2D eigenvalue weighted by atomic mass is 16.5. The first kappa shape index (κ1) is 21.3. The van der Waals surface area contributed by atoms with E-state index in [1.165, 1.54) is 35.3 Å². The molecule has 0 radical (unpaired) electrons. The Hall–Kier alpha value is -3.95. The van der Waals surface area contributed by atoms with Crippen molar-refractivity contribution in [2.24, 2.45) is 0 Å².